The number of rotatable bonds is 9. The molecular weight excluding hydrogens is 376 g/mol. The Bertz CT molecular complexity index is 835. The molecule has 7 nitrogen and oxygen atoms in total. The van der Waals surface area contributed by atoms with Crippen LogP contribution < -0.4 is 14.8 Å². The number of methoxy groups -OCH3 is 2. The zero-order valence-electron chi connectivity index (χ0n) is 14.9. The summed E-state index contributed by atoms with van der Waals surface area (Å²) in [4.78, 5) is 12.1. The molecule has 1 heterocycles. The largest absolute Gasteiger partial charge is 0.497 e. The lowest BCUT2D eigenvalue weighted by molar-refractivity contribution is -0.121. The summed E-state index contributed by atoms with van der Waals surface area (Å²) in [6.45, 7) is 0.116. The average molecular weight is 399 g/mol. The molecule has 1 amide bonds. The number of hydrogen-bond donors (Lipinski definition) is 1. The van der Waals surface area contributed by atoms with Crippen LogP contribution in [0.15, 0.2) is 39.9 Å². The number of likely N-dealkylation sites (N-methyl/N-ethyl adjacent to an activating group) is 1. The standard InChI is InChI=1S/C17H22N2O5S2/c1-19(26(21,22)17-5-4-10-25-17)12-16(20)18-9-8-13-11-14(23-2)6-7-15(13)24-3/h4-7,10-11H,8-9,12H2,1-3H3,(H,18,20). The van der Waals surface area contributed by atoms with Gasteiger partial charge in [-0.25, -0.2) is 8.42 Å². The molecule has 26 heavy (non-hydrogen) atoms. The molecule has 0 spiro atoms. The Morgan fingerprint density at radius 2 is 2.00 bits per heavy atom. The van der Waals surface area contributed by atoms with E-state index in [1.165, 1.54) is 13.1 Å². The van der Waals surface area contributed by atoms with E-state index >= 15 is 0 Å². The first-order chi connectivity index (χ1) is 12.4. The fourth-order valence-electron chi connectivity index (χ4n) is 2.32. The minimum Gasteiger partial charge on any atom is -0.497 e. The molecular formula is C17H22N2O5S2. The van der Waals surface area contributed by atoms with E-state index in [-0.39, 0.29) is 16.7 Å². The third kappa shape index (κ3) is 4.96. The van der Waals surface area contributed by atoms with Gasteiger partial charge in [-0.3, -0.25) is 4.79 Å². The van der Waals surface area contributed by atoms with Crippen molar-refractivity contribution in [3.8, 4) is 11.5 Å². The molecule has 0 radical (unpaired) electrons. The van der Waals surface area contributed by atoms with Crippen LogP contribution in [0, 0.1) is 0 Å². The monoisotopic (exact) mass is 398 g/mol. The van der Waals surface area contributed by atoms with Crippen molar-refractivity contribution in [3.05, 3.63) is 41.3 Å². The summed E-state index contributed by atoms with van der Waals surface area (Å²) in [6.07, 6.45) is 0.535. The third-order valence-electron chi connectivity index (χ3n) is 3.73. The summed E-state index contributed by atoms with van der Waals surface area (Å²) in [5, 5.41) is 4.41. The van der Waals surface area contributed by atoms with Gasteiger partial charge in [0.25, 0.3) is 10.0 Å². The molecule has 0 fully saturated rings. The summed E-state index contributed by atoms with van der Waals surface area (Å²) in [7, 11) is 0.914. The Morgan fingerprint density at radius 1 is 1.23 bits per heavy atom. The molecule has 0 saturated carbocycles. The second-order valence-corrected chi connectivity index (χ2v) is 8.69. The van der Waals surface area contributed by atoms with Gasteiger partial charge in [-0.1, -0.05) is 6.07 Å². The SMILES string of the molecule is COc1ccc(OC)c(CCNC(=O)CN(C)S(=O)(=O)c2cccs2)c1. The first-order valence-electron chi connectivity index (χ1n) is 7.86. The number of thiophene rings is 1. The third-order valence-corrected chi connectivity index (χ3v) is 6.91. The Labute approximate surface area is 157 Å². The van der Waals surface area contributed by atoms with Gasteiger partial charge in [0.2, 0.25) is 5.91 Å². The topological polar surface area (TPSA) is 84.9 Å². The summed E-state index contributed by atoms with van der Waals surface area (Å²) in [5.41, 5.74) is 0.895. The van der Waals surface area contributed by atoms with Gasteiger partial charge >= 0.3 is 0 Å². The maximum atomic E-state index is 12.3. The van der Waals surface area contributed by atoms with Crippen molar-refractivity contribution in [2.75, 3.05) is 34.4 Å². The van der Waals surface area contributed by atoms with Crippen LogP contribution in [0.4, 0.5) is 0 Å². The Balaban J connectivity index is 1.89. The molecule has 2 rings (SSSR count). The van der Waals surface area contributed by atoms with Crippen LogP contribution in [0.5, 0.6) is 11.5 Å². The second kappa shape index (κ2) is 9.02. The Hall–Kier alpha value is -2.10. The molecule has 0 saturated heterocycles. The van der Waals surface area contributed by atoms with Crippen molar-refractivity contribution in [1.29, 1.82) is 0 Å². The quantitative estimate of drug-likeness (QED) is 0.696. The van der Waals surface area contributed by atoms with Gasteiger partial charge in [0.1, 0.15) is 15.7 Å². The van der Waals surface area contributed by atoms with Gasteiger partial charge in [-0.05, 0) is 41.6 Å². The smallest absolute Gasteiger partial charge is 0.252 e. The van der Waals surface area contributed by atoms with Crippen LogP contribution in [0.25, 0.3) is 0 Å². The number of carbonyl (C=O) groups is 1. The highest BCUT2D eigenvalue weighted by Gasteiger charge is 2.23. The van der Waals surface area contributed by atoms with E-state index < -0.39 is 10.0 Å². The zero-order chi connectivity index (χ0) is 19.2. The minimum atomic E-state index is -3.63. The van der Waals surface area contributed by atoms with Crippen LogP contribution in [0.1, 0.15) is 5.56 Å². The number of benzene rings is 1. The van der Waals surface area contributed by atoms with Gasteiger partial charge in [0, 0.05) is 13.6 Å². The van der Waals surface area contributed by atoms with Crippen molar-refractivity contribution >= 4 is 27.3 Å². The lowest BCUT2D eigenvalue weighted by Gasteiger charge is -2.16. The number of sulfonamides is 1. The predicted molar refractivity (Wildman–Crippen MR) is 100 cm³/mol. The molecule has 142 valence electrons. The van der Waals surface area contributed by atoms with Crippen LogP contribution in [0.2, 0.25) is 0 Å². The first-order valence-corrected chi connectivity index (χ1v) is 10.2. The average Bonchev–Trinajstić information content (AvgIpc) is 3.17. The molecule has 1 aromatic carbocycles. The fraction of sp³-hybridized carbons (Fsp3) is 0.353. The maximum Gasteiger partial charge on any atom is 0.252 e. The molecule has 0 aliphatic carbocycles. The zero-order valence-corrected chi connectivity index (χ0v) is 16.5. The van der Waals surface area contributed by atoms with Crippen LogP contribution in [0.3, 0.4) is 0 Å². The molecule has 0 bridgehead atoms. The van der Waals surface area contributed by atoms with E-state index in [2.05, 4.69) is 5.32 Å². The number of carbonyl (C=O) groups excluding carboxylic acids is 1. The van der Waals surface area contributed by atoms with Gasteiger partial charge < -0.3 is 14.8 Å². The normalized spacial score (nSPS) is 11.4. The molecule has 0 aliphatic heterocycles. The first kappa shape index (κ1) is 20.2. The van der Waals surface area contributed by atoms with Crippen LogP contribution in [-0.4, -0.2) is 53.0 Å². The summed E-state index contributed by atoms with van der Waals surface area (Å²) in [5.74, 6) is 1.04. The molecule has 0 aliphatic rings. The highest BCUT2D eigenvalue weighted by atomic mass is 32.2. The van der Waals surface area contributed by atoms with Crippen LogP contribution >= 0.6 is 11.3 Å². The molecule has 0 unspecified atom stereocenters. The number of nitrogens with zero attached hydrogens (tertiary/aromatic N) is 1. The molecule has 1 N–H and O–H groups in total. The minimum absolute atomic E-state index is 0.217. The van der Waals surface area contributed by atoms with Crippen molar-refractivity contribution in [2.24, 2.45) is 0 Å². The van der Waals surface area contributed by atoms with Crippen molar-refractivity contribution in [3.63, 3.8) is 0 Å². The van der Waals surface area contributed by atoms with E-state index in [9.17, 15) is 13.2 Å². The van der Waals surface area contributed by atoms with Crippen molar-refractivity contribution in [1.82, 2.24) is 9.62 Å². The Kier molecular flexibility index (Phi) is 7.01. The fourth-order valence-corrected chi connectivity index (χ4v) is 4.65. The summed E-state index contributed by atoms with van der Waals surface area (Å²) in [6, 6.07) is 8.62. The molecule has 0 atom stereocenters. The molecule has 2 aromatic rings. The number of hydrogen-bond acceptors (Lipinski definition) is 6. The van der Waals surface area contributed by atoms with Gasteiger partial charge in [0.05, 0.1) is 20.8 Å². The van der Waals surface area contributed by atoms with Crippen LogP contribution in [-0.2, 0) is 21.2 Å². The van der Waals surface area contributed by atoms with E-state index in [1.807, 2.05) is 6.07 Å². The molecule has 9 heteroatoms. The highest BCUT2D eigenvalue weighted by Crippen LogP contribution is 2.24. The predicted octanol–water partition coefficient (Wildman–Crippen LogP) is 1.74. The lowest BCUT2D eigenvalue weighted by atomic mass is 10.1. The maximum absolute atomic E-state index is 12.3. The summed E-state index contributed by atoms with van der Waals surface area (Å²) < 4.78 is 36.4. The van der Waals surface area contributed by atoms with E-state index in [0.717, 1.165) is 21.2 Å². The number of ether oxygens (including phenoxy) is 2. The van der Waals surface area contributed by atoms with Gasteiger partial charge in [-0.15, -0.1) is 11.3 Å². The number of nitrogens with one attached hydrogen (secondary N) is 1. The van der Waals surface area contributed by atoms with Crippen molar-refractivity contribution < 1.29 is 22.7 Å². The van der Waals surface area contributed by atoms with Crippen molar-refractivity contribution in [2.45, 2.75) is 10.6 Å². The summed E-state index contributed by atoms with van der Waals surface area (Å²) >= 11 is 1.12. The second-order valence-electron chi connectivity index (χ2n) is 5.47. The van der Waals surface area contributed by atoms with E-state index in [1.54, 1.807) is 37.8 Å². The van der Waals surface area contributed by atoms with E-state index in [4.69, 9.17) is 9.47 Å². The van der Waals surface area contributed by atoms with Gasteiger partial charge in [-0.2, -0.15) is 4.31 Å². The Morgan fingerprint density at radius 3 is 2.62 bits per heavy atom. The molecule has 1 aromatic heterocycles. The lowest BCUT2D eigenvalue weighted by Crippen LogP contribution is -2.38. The highest BCUT2D eigenvalue weighted by molar-refractivity contribution is 7.91. The van der Waals surface area contributed by atoms with E-state index in [0.29, 0.717) is 24.5 Å². The number of amides is 1. The van der Waals surface area contributed by atoms with Gasteiger partial charge in [0.15, 0.2) is 0 Å².